The van der Waals surface area contributed by atoms with Crippen molar-refractivity contribution in [2.75, 3.05) is 33.4 Å². The molecule has 2 amide bonds. The Balaban J connectivity index is 1.26. The lowest BCUT2D eigenvalue weighted by Gasteiger charge is -2.29. The van der Waals surface area contributed by atoms with Gasteiger partial charge in [-0.25, -0.2) is 9.48 Å². The number of rotatable bonds is 2. The van der Waals surface area contributed by atoms with E-state index in [-0.39, 0.29) is 30.6 Å². The van der Waals surface area contributed by atoms with Crippen molar-refractivity contribution in [3.05, 3.63) is 75.6 Å². The number of para-hydroxylation sites is 1. The minimum Gasteiger partial charge on any atom is -0.493 e. The van der Waals surface area contributed by atoms with Crippen molar-refractivity contribution in [3.8, 4) is 11.5 Å². The number of hydrogen-bond donors (Lipinski definition) is 2. The molecule has 4 aromatic rings. The van der Waals surface area contributed by atoms with Crippen LogP contribution in [0.1, 0.15) is 35.5 Å². The van der Waals surface area contributed by atoms with Gasteiger partial charge >= 0.3 is 5.69 Å². The molecule has 2 aliphatic heterocycles. The Morgan fingerprint density at radius 1 is 1.14 bits per heavy atom. The van der Waals surface area contributed by atoms with Crippen molar-refractivity contribution in [2.24, 2.45) is 13.0 Å². The third-order valence-corrected chi connectivity index (χ3v) is 8.24. The highest BCUT2D eigenvalue weighted by atomic mass is 16.5. The van der Waals surface area contributed by atoms with E-state index < -0.39 is 5.92 Å². The molecular formula is C31H36N6O5. The van der Waals surface area contributed by atoms with Crippen molar-refractivity contribution in [3.63, 3.8) is 0 Å². The normalized spacial score (nSPS) is 18.1. The Labute approximate surface area is 243 Å². The number of carbonyl (C=O) groups is 2. The monoisotopic (exact) mass is 572 g/mol. The van der Waals surface area contributed by atoms with Gasteiger partial charge in [-0.1, -0.05) is 24.3 Å². The van der Waals surface area contributed by atoms with Crippen LogP contribution in [0.2, 0.25) is 0 Å². The summed E-state index contributed by atoms with van der Waals surface area (Å²) in [6.45, 7) is 1.36. The number of aromatic amines is 1. The van der Waals surface area contributed by atoms with E-state index in [2.05, 4.69) is 27.5 Å². The standard InChI is InChI=1S/C31H36N6O5/c1-35-31(40)37-18-21(9-11-28(37)34-35)30(39)36-14-5-15-42-27-17-20(8-10-26(27)41-2)16-25-23(12-13-32-29(38)19-36)22-6-3-4-7-24(22)33-25/h3-4,6-8,10,17,21,33H,5,9,11-16,18-19H2,1-2H3,(H,32,38). The second-order valence-corrected chi connectivity index (χ2v) is 11.0. The Morgan fingerprint density at radius 3 is 2.86 bits per heavy atom. The van der Waals surface area contributed by atoms with Gasteiger partial charge in [0, 0.05) is 56.1 Å². The highest BCUT2D eigenvalue weighted by Gasteiger charge is 2.31. The highest BCUT2D eigenvalue weighted by molar-refractivity contribution is 5.87. The van der Waals surface area contributed by atoms with Crippen molar-refractivity contribution >= 4 is 22.7 Å². The van der Waals surface area contributed by atoms with Gasteiger partial charge in [0.1, 0.15) is 5.82 Å². The number of nitrogens with one attached hydrogen (secondary N) is 2. The molecule has 11 nitrogen and oxygen atoms in total. The molecule has 2 bridgehead atoms. The highest BCUT2D eigenvalue weighted by Crippen LogP contribution is 2.31. The Hall–Kier alpha value is -4.54. The van der Waals surface area contributed by atoms with Crippen LogP contribution in [0.4, 0.5) is 0 Å². The second-order valence-electron chi connectivity index (χ2n) is 11.0. The molecule has 0 spiro atoms. The number of hydrogen-bond acceptors (Lipinski definition) is 6. The van der Waals surface area contributed by atoms with Crippen molar-refractivity contribution in [1.82, 2.24) is 29.5 Å². The van der Waals surface area contributed by atoms with E-state index in [0.29, 0.717) is 69.1 Å². The number of H-pyrrole nitrogens is 1. The molecule has 0 saturated heterocycles. The van der Waals surface area contributed by atoms with Gasteiger partial charge < -0.3 is 24.7 Å². The number of methoxy groups -OCH3 is 1. The maximum atomic E-state index is 13.7. The summed E-state index contributed by atoms with van der Waals surface area (Å²) in [7, 11) is 3.23. The number of amides is 2. The number of carbonyl (C=O) groups excluding carboxylic acids is 2. The van der Waals surface area contributed by atoms with Crippen LogP contribution >= 0.6 is 0 Å². The van der Waals surface area contributed by atoms with Crippen LogP contribution in [0.5, 0.6) is 11.5 Å². The van der Waals surface area contributed by atoms with E-state index in [4.69, 9.17) is 9.47 Å². The van der Waals surface area contributed by atoms with E-state index in [0.717, 1.165) is 27.7 Å². The summed E-state index contributed by atoms with van der Waals surface area (Å²) in [4.78, 5) is 44.5. The van der Waals surface area contributed by atoms with E-state index in [1.54, 1.807) is 23.6 Å². The zero-order chi connectivity index (χ0) is 29.2. The lowest BCUT2D eigenvalue weighted by Crippen LogP contribution is -2.46. The summed E-state index contributed by atoms with van der Waals surface area (Å²) in [6, 6.07) is 14.1. The average molecular weight is 573 g/mol. The maximum Gasteiger partial charge on any atom is 0.345 e. The van der Waals surface area contributed by atoms with Crippen LogP contribution in [-0.2, 0) is 42.4 Å². The molecule has 1 unspecified atom stereocenters. The third kappa shape index (κ3) is 5.50. The predicted octanol–water partition coefficient (Wildman–Crippen LogP) is 2.19. The number of benzene rings is 2. The fourth-order valence-electron chi connectivity index (χ4n) is 6.10. The fraction of sp³-hybridized carbons (Fsp3) is 0.419. The Kier molecular flexibility index (Phi) is 7.73. The number of ether oxygens (including phenoxy) is 2. The summed E-state index contributed by atoms with van der Waals surface area (Å²) in [5.41, 5.74) is 4.15. The average Bonchev–Trinajstić information content (AvgIpc) is 3.48. The molecule has 2 aromatic heterocycles. The van der Waals surface area contributed by atoms with Crippen LogP contribution in [0.25, 0.3) is 10.9 Å². The van der Waals surface area contributed by atoms with E-state index >= 15 is 0 Å². The second kappa shape index (κ2) is 11.8. The van der Waals surface area contributed by atoms with Gasteiger partial charge in [0.15, 0.2) is 11.5 Å². The van der Waals surface area contributed by atoms with Gasteiger partial charge in [-0.05, 0) is 48.6 Å². The molecule has 42 heavy (non-hydrogen) atoms. The molecule has 6 rings (SSSR count). The minimum atomic E-state index is -0.399. The first-order valence-corrected chi connectivity index (χ1v) is 14.5. The number of aromatic nitrogens is 4. The third-order valence-electron chi connectivity index (χ3n) is 8.24. The molecule has 220 valence electrons. The quantitative estimate of drug-likeness (QED) is 0.380. The zero-order valence-electron chi connectivity index (χ0n) is 24.0. The molecular weight excluding hydrogens is 536 g/mol. The van der Waals surface area contributed by atoms with E-state index in [1.807, 2.05) is 30.3 Å². The number of nitrogens with zero attached hydrogens (tertiary/aromatic N) is 4. The molecule has 2 N–H and O–H groups in total. The molecule has 0 aliphatic carbocycles. The molecule has 0 saturated carbocycles. The predicted molar refractivity (Wildman–Crippen MR) is 157 cm³/mol. The van der Waals surface area contributed by atoms with Gasteiger partial charge in [-0.2, -0.15) is 5.10 Å². The van der Waals surface area contributed by atoms with Crippen LogP contribution in [0.3, 0.4) is 0 Å². The first kappa shape index (κ1) is 27.6. The molecule has 11 heteroatoms. The summed E-state index contributed by atoms with van der Waals surface area (Å²) in [5, 5.41) is 8.44. The summed E-state index contributed by atoms with van der Waals surface area (Å²) >= 11 is 0. The lowest BCUT2D eigenvalue weighted by atomic mass is 9.97. The Morgan fingerprint density at radius 2 is 2.00 bits per heavy atom. The van der Waals surface area contributed by atoms with Crippen molar-refractivity contribution in [1.29, 1.82) is 0 Å². The van der Waals surface area contributed by atoms with Crippen molar-refractivity contribution < 1.29 is 19.1 Å². The SMILES string of the molecule is COc1ccc2cc1OCCCN(C(=O)C1CCc3nn(C)c(=O)n3C1)CC(=O)NCCc1c([nH]c3ccccc13)C2. The maximum absolute atomic E-state index is 13.7. The van der Waals surface area contributed by atoms with Crippen LogP contribution in [-0.4, -0.2) is 69.4 Å². The molecule has 4 heterocycles. The van der Waals surface area contributed by atoms with Gasteiger partial charge in [-0.3, -0.25) is 14.2 Å². The van der Waals surface area contributed by atoms with E-state index in [1.165, 1.54) is 4.68 Å². The smallest absolute Gasteiger partial charge is 0.345 e. The van der Waals surface area contributed by atoms with Crippen molar-refractivity contribution in [2.45, 2.75) is 38.6 Å². The van der Waals surface area contributed by atoms with Crippen LogP contribution in [0.15, 0.2) is 47.3 Å². The topological polar surface area (TPSA) is 123 Å². The lowest BCUT2D eigenvalue weighted by molar-refractivity contribution is -0.140. The Bertz CT molecular complexity index is 1680. The van der Waals surface area contributed by atoms with Gasteiger partial charge in [0.2, 0.25) is 11.8 Å². The van der Waals surface area contributed by atoms with E-state index in [9.17, 15) is 14.4 Å². The zero-order valence-corrected chi connectivity index (χ0v) is 24.0. The number of aryl methyl sites for hydroxylation is 2. The molecule has 2 aromatic carbocycles. The molecule has 0 fully saturated rings. The van der Waals surface area contributed by atoms with Gasteiger partial charge in [0.05, 0.1) is 26.2 Å². The summed E-state index contributed by atoms with van der Waals surface area (Å²) < 4.78 is 14.6. The molecule has 2 aliphatic rings. The van der Waals surface area contributed by atoms with Crippen LogP contribution < -0.4 is 20.5 Å². The summed E-state index contributed by atoms with van der Waals surface area (Å²) in [5.74, 6) is 1.24. The first-order valence-electron chi connectivity index (χ1n) is 14.5. The largest absolute Gasteiger partial charge is 0.493 e. The molecule has 0 radical (unpaired) electrons. The first-order chi connectivity index (χ1) is 20.4. The fourth-order valence-corrected chi connectivity index (χ4v) is 6.10. The molecule has 1 atom stereocenters. The van der Waals surface area contributed by atoms with Crippen LogP contribution in [0, 0.1) is 5.92 Å². The van der Waals surface area contributed by atoms with Gasteiger partial charge in [-0.15, -0.1) is 0 Å². The minimum absolute atomic E-state index is 0.0519. The number of fused-ring (bicyclic) bond motifs is 6. The summed E-state index contributed by atoms with van der Waals surface area (Å²) in [6.07, 6.45) is 2.98. The van der Waals surface area contributed by atoms with Gasteiger partial charge in [0.25, 0.3) is 0 Å².